The van der Waals surface area contributed by atoms with Crippen LogP contribution in [0.4, 0.5) is 0 Å². The predicted octanol–water partition coefficient (Wildman–Crippen LogP) is 3.36. The number of methoxy groups -OCH3 is 2. The summed E-state index contributed by atoms with van der Waals surface area (Å²) in [6, 6.07) is 1.05. The van der Waals surface area contributed by atoms with E-state index in [2.05, 4.69) is 24.5 Å². The van der Waals surface area contributed by atoms with E-state index in [0.29, 0.717) is 24.3 Å². The fourth-order valence-corrected chi connectivity index (χ4v) is 2.22. The molecular formula is C14H30N2O2W2-2. The maximum atomic E-state index is 5.20. The summed E-state index contributed by atoms with van der Waals surface area (Å²) < 4.78 is 10.3. The van der Waals surface area contributed by atoms with Crippen LogP contribution in [0.5, 0.6) is 0 Å². The molecule has 0 saturated carbocycles. The van der Waals surface area contributed by atoms with Crippen LogP contribution in [0.2, 0.25) is 0 Å². The van der Waals surface area contributed by atoms with Crippen LogP contribution in [-0.4, -0.2) is 51.6 Å². The Labute approximate surface area is 154 Å². The first-order valence-corrected chi connectivity index (χ1v) is 6.54. The molecule has 0 N–H and O–H groups in total. The Hall–Kier alpha value is 1.22. The van der Waals surface area contributed by atoms with Gasteiger partial charge in [0.05, 0.1) is 6.10 Å². The molecule has 122 valence electrons. The quantitative estimate of drug-likeness (QED) is 0.473. The maximum Gasteiger partial charge on any atom is 0.0541 e. The fraction of sp³-hybridized carbons (Fsp3) is 1.00. The first kappa shape index (κ1) is 26.1. The summed E-state index contributed by atoms with van der Waals surface area (Å²) in [5.74, 6) is 0. The molecule has 0 aromatic heterocycles. The smallest absolute Gasteiger partial charge is 0.0541 e. The van der Waals surface area contributed by atoms with Gasteiger partial charge in [0, 0.05) is 62.5 Å². The van der Waals surface area contributed by atoms with Gasteiger partial charge in [-0.2, -0.15) is 0 Å². The standard InChI is InChI=1S/C7H14NO.C6H12NO.CH4.2W/c1-6-5-7(9-2)3-4-8-6;1-5-3-6(8-2)4-7-5;;;/h6-7H,3-5H2,1-2H3;5-6H,3-4H2,1-2H3;1H4;;/q2*-1;;;. The van der Waals surface area contributed by atoms with E-state index in [1.54, 1.807) is 14.2 Å². The molecule has 2 heterocycles. The van der Waals surface area contributed by atoms with E-state index in [1.807, 2.05) is 0 Å². The second kappa shape index (κ2) is 15.1. The number of rotatable bonds is 2. The minimum Gasteiger partial charge on any atom is -0.660 e. The zero-order valence-electron chi connectivity index (χ0n) is 12.4. The van der Waals surface area contributed by atoms with Crippen molar-refractivity contribution < 1.29 is 51.6 Å². The Morgan fingerprint density at radius 3 is 1.65 bits per heavy atom. The van der Waals surface area contributed by atoms with Gasteiger partial charge in [-0.05, 0) is 19.3 Å². The monoisotopic (exact) mass is 626 g/mol. The summed E-state index contributed by atoms with van der Waals surface area (Å²) in [7, 11) is 3.53. The Balaban J connectivity index is -0.000000252. The number of piperidine rings is 1. The molecule has 0 spiro atoms. The van der Waals surface area contributed by atoms with Crippen molar-refractivity contribution in [3.8, 4) is 0 Å². The Morgan fingerprint density at radius 1 is 0.850 bits per heavy atom. The number of nitrogens with zero attached hydrogens (tertiary/aromatic N) is 2. The van der Waals surface area contributed by atoms with Gasteiger partial charge >= 0.3 is 0 Å². The summed E-state index contributed by atoms with van der Waals surface area (Å²) in [5, 5.41) is 8.61. The second-order valence-corrected chi connectivity index (χ2v) is 4.94. The van der Waals surface area contributed by atoms with Gasteiger partial charge in [0.1, 0.15) is 0 Å². The molecule has 20 heavy (non-hydrogen) atoms. The van der Waals surface area contributed by atoms with Crippen LogP contribution < -0.4 is 0 Å². The molecule has 2 aliphatic heterocycles. The van der Waals surface area contributed by atoms with Gasteiger partial charge in [0.15, 0.2) is 0 Å². The van der Waals surface area contributed by atoms with E-state index < -0.39 is 0 Å². The first-order chi connectivity index (χ1) is 8.15. The van der Waals surface area contributed by atoms with E-state index in [0.717, 1.165) is 32.4 Å². The van der Waals surface area contributed by atoms with Crippen molar-refractivity contribution >= 4 is 0 Å². The SMILES string of the molecule is C.COC1CC[N-]C(C)C1.COC1C[N-]C(C)C1.[W].[W]. The summed E-state index contributed by atoms with van der Waals surface area (Å²) in [6.45, 7) is 6.15. The van der Waals surface area contributed by atoms with Crippen LogP contribution in [0.1, 0.15) is 40.5 Å². The van der Waals surface area contributed by atoms with Gasteiger partial charge in [0.2, 0.25) is 0 Å². The van der Waals surface area contributed by atoms with E-state index >= 15 is 0 Å². The van der Waals surface area contributed by atoms with E-state index in [-0.39, 0.29) is 49.6 Å². The minimum atomic E-state index is 0. The van der Waals surface area contributed by atoms with E-state index in [4.69, 9.17) is 9.47 Å². The molecule has 2 rings (SSSR count). The molecule has 4 unspecified atom stereocenters. The van der Waals surface area contributed by atoms with Crippen molar-refractivity contribution in [3.05, 3.63) is 10.6 Å². The van der Waals surface area contributed by atoms with Crippen molar-refractivity contribution in [1.29, 1.82) is 0 Å². The van der Waals surface area contributed by atoms with Gasteiger partial charge < -0.3 is 20.1 Å². The van der Waals surface area contributed by atoms with Crippen LogP contribution in [0.15, 0.2) is 0 Å². The van der Waals surface area contributed by atoms with Crippen LogP contribution in [0, 0.1) is 0 Å². The number of hydrogen-bond acceptors (Lipinski definition) is 2. The van der Waals surface area contributed by atoms with Crippen molar-refractivity contribution in [2.24, 2.45) is 0 Å². The minimum absolute atomic E-state index is 0. The molecule has 2 fully saturated rings. The molecule has 0 aliphatic carbocycles. The molecule has 0 aromatic rings. The Kier molecular flexibility index (Phi) is 19.8. The molecule has 6 heteroatoms. The Morgan fingerprint density at radius 2 is 1.35 bits per heavy atom. The van der Waals surface area contributed by atoms with E-state index in [1.165, 1.54) is 0 Å². The zero-order chi connectivity index (χ0) is 12.7. The average Bonchev–Trinajstić information content (AvgIpc) is 2.76. The van der Waals surface area contributed by atoms with Crippen molar-refractivity contribution in [3.63, 3.8) is 0 Å². The van der Waals surface area contributed by atoms with Crippen LogP contribution in [0.3, 0.4) is 0 Å². The molecule has 0 radical (unpaired) electrons. The molecule has 0 bridgehead atoms. The van der Waals surface area contributed by atoms with Crippen LogP contribution >= 0.6 is 0 Å². The van der Waals surface area contributed by atoms with Gasteiger partial charge in [-0.3, -0.25) is 0 Å². The molecule has 4 atom stereocenters. The van der Waals surface area contributed by atoms with Gasteiger partial charge in [0.25, 0.3) is 0 Å². The molecule has 2 aliphatic rings. The van der Waals surface area contributed by atoms with Gasteiger partial charge in [-0.25, -0.2) is 0 Å². The summed E-state index contributed by atoms with van der Waals surface area (Å²) in [5.41, 5.74) is 0. The number of hydrogen-bond donors (Lipinski definition) is 0. The third-order valence-electron chi connectivity index (χ3n) is 3.39. The molecular weight excluding hydrogens is 596 g/mol. The number of ether oxygens (including phenoxy) is 2. The second-order valence-electron chi connectivity index (χ2n) is 4.94. The average molecular weight is 626 g/mol. The van der Waals surface area contributed by atoms with Crippen LogP contribution in [-0.2, 0) is 51.6 Å². The molecule has 4 nitrogen and oxygen atoms in total. The molecule has 2 saturated heterocycles. The van der Waals surface area contributed by atoms with Crippen molar-refractivity contribution in [2.45, 2.75) is 64.8 Å². The Bertz CT molecular complexity index is 212. The van der Waals surface area contributed by atoms with Gasteiger partial charge in [-0.1, -0.05) is 21.3 Å². The zero-order valence-corrected chi connectivity index (χ0v) is 18.2. The third kappa shape index (κ3) is 10.9. The molecule has 0 aromatic carbocycles. The largest absolute Gasteiger partial charge is 0.660 e. The summed E-state index contributed by atoms with van der Waals surface area (Å²) >= 11 is 0. The van der Waals surface area contributed by atoms with Crippen molar-refractivity contribution in [2.75, 3.05) is 27.3 Å². The fourth-order valence-electron chi connectivity index (χ4n) is 2.22. The summed E-state index contributed by atoms with van der Waals surface area (Å²) in [6.07, 6.45) is 4.20. The molecule has 0 amide bonds. The summed E-state index contributed by atoms with van der Waals surface area (Å²) in [4.78, 5) is 0. The topological polar surface area (TPSA) is 46.7 Å². The van der Waals surface area contributed by atoms with E-state index in [9.17, 15) is 0 Å². The van der Waals surface area contributed by atoms with Crippen molar-refractivity contribution in [1.82, 2.24) is 0 Å². The predicted molar refractivity (Wildman–Crippen MR) is 77.6 cm³/mol. The maximum absolute atomic E-state index is 5.20. The normalized spacial score (nSPS) is 31.8. The van der Waals surface area contributed by atoms with Gasteiger partial charge in [-0.15, -0.1) is 25.2 Å². The first-order valence-electron chi connectivity index (χ1n) is 6.54. The third-order valence-corrected chi connectivity index (χ3v) is 3.39. The van der Waals surface area contributed by atoms with Crippen LogP contribution in [0.25, 0.3) is 10.6 Å².